The Hall–Kier alpha value is -3.68. The summed E-state index contributed by atoms with van der Waals surface area (Å²) in [6, 6.07) is 12.0. The van der Waals surface area contributed by atoms with E-state index in [-0.39, 0.29) is 24.5 Å². The van der Waals surface area contributed by atoms with Crippen LogP contribution in [-0.2, 0) is 20.9 Å². The number of benzene rings is 1. The largest absolute Gasteiger partial charge is 0.497 e. The van der Waals surface area contributed by atoms with E-state index in [1.165, 1.54) is 10.5 Å². The molecule has 1 fully saturated rings. The van der Waals surface area contributed by atoms with Crippen LogP contribution in [0.5, 0.6) is 5.75 Å². The topological polar surface area (TPSA) is 90.2 Å². The van der Waals surface area contributed by atoms with Crippen LogP contribution in [0.15, 0.2) is 53.5 Å². The molecule has 0 radical (unpaired) electrons. The molecule has 1 amide bonds. The lowest BCUT2D eigenvalue weighted by Crippen LogP contribution is -2.32. The first-order valence-electron chi connectivity index (χ1n) is 11.5. The van der Waals surface area contributed by atoms with Gasteiger partial charge in [-0.25, -0.2) is 4.98 Å². The average Bonchev–Trinajstić information content (AvgIpc) is 3.17. The fourth-order valence-corrected chi connectivity index (χ4v) is 4.39. The van der Waals surface area contributed by atoms with Crippen LogP contribution in [0, 0.1) is 12.8 Å². The van der Waals surface area contributed by atoms with Crippen molar-refractivity contribution in [1.82, 2.24) is 14.3 Å². The van der Waals surface area contributed by atoms with Gasteiger partial charge < -0.3 is 14.4 Å². The van der Waals surface area contributed by atoms with Crippen molar-refractivity contribution in [3.63, 3.8) is 0 Å². The summed E-state index contributed by atoms with van der Waals surface area (Å²) >= 11 is 0. The maximum atomic E-state index is 13.1. The van der Waals surface area contributed by atoms with Crippen molar-refractivity contribution in [3.8, 4) is 5.75 Å². The van der Waals surface area contributed by atoms with E-state index in [4.69, 9.17) is 9.47 Å². The number of rotatable bonds is 8. The molecule has 8 nitrogen and oxygen atoms in total. The Morgan fingerprint density at radius 3 is 2.62 bits per heavy atom. The third-order valence-electron chi connectivity index (χ3n) is 6.17. The summed E-state index contributed by atoms with van der Waals surface area (Å²) in [4.78, 5) is 44.6. The highest BCUT2D eigenvalue weighted by atomic mass is 16.5. The Kier molecular flexibility index (Phi) is 6.95. The molecule has 4 rings (SSSR count). The van der Waals surface area contributed by atoms with E-state index in [2.05, 4.69) is 11.9 Å². The third kappa shape index (κ3) is 4.81. The van der Waals surface area contributed by atoms with Gasteiger partial charge in [0.25, 0.3) is 5.56 Å². The van der Waals surface area contributed by atoms with E-state index in [9.17, 15) is 14.4 Å². The van der Waals surface area contributed by atoms with Crippen LogP contribution in [0.25, 0.3) is 5.65 Å². The Bertz CT molecular complexity index is 1250. The molecular formula is C26H29N3O5. The minimum Gasteiger partial charge on any atom is -0.497 e. The number of aromatic nitrogens is 2. The van der Waals surface area contributed by atoms with Crippen molar-refractivity contribution < 1.29 is 19.1 Å². The van der Waals surface area contributed by atoms with E-state index in [0.29, 0.717) is 23.6 Å². The number of amides is 1. The lowest BCUT2D eigenvalue weighted by atomic mass is 9.93. The van der Waals surface area contributed by atoms with Crippen molar-refractivity contribution >= 4 is 17.5 Å². The molecule has 0 spiro atoms. The number of fused-ring (bicyclic) bond motifs is 1. The lowest BCUT2D eigenvalue weighted by molar-refractivity contribution is -0.151. The highest BCUT2D eigenvalue weighted by Gasteiger charge is 2.45. The molecule has 1 saturated heterocycles. The molecule has 0 aliphatic carbocycles. The summed E-state index contributed by atoms with van der Waals surface area (Å²) in [6.45, 7) is 4.41. The van der Waals surface area contributed by atoms with Gasteiger partial charge in [-0.1, -0.05) is 31.5 Å². The molecule has 178 valence electrons. The summed E-state index contributed by atoms with van der Waals surface area (Å²) in [7, 11) is 1.59. The van der Waals surface area contributed by atoms with E-state index in [1.54, 1.807) is 24.3 Å². The van der Waals surface area contributed by atoms with E-state index < -0.39 is 17.9 Å². The minimum absolute atomic E-state index is 0.0614. The van der Waals surface area contributed by atoms with Gasteiger partial charge in [0.1, 0.15) is 18.0 Å². The van der Waals surface area contributed by atoms with Gasteiger partial charge in [-0.3, -0.25) is 18.8 Å². The summed E-state index contributed by atoms with van der Waals surface area (Å²) in [6.07, 6.45) is 3.60. The Morgan fingerprint density at radius 2 is 1.91 bits per heavy atom. The van der Waals surface area contributed by atoms with Crippen molar-refractivity contribution in [3.05, 3.63) is 75.8 Å². The van der Waals surface area contributed by atoms with Crippen LogP contribution in [0.4, 0.5) is 0 Å². The summed E-state index contributed by atoms with van der Waals surface area (Å²) in [5.41, 5.74) is 2.43. The second-order valence-corrected chi connectivity index (χ2v) is 8.60. The first kappa shape index (κ1) is 23.5. The number of ether oxygens (including phenoxy) is 2. The number of hydrogen-bond acceptors (Lipinski definition) is 6. The number of unbranched alkanes of at least 4 members (excludes halogenated alkanes) is 1. The second-order valence-electron chi connectivity index (χ2n) is 8.60. The highest BCUT2D eigenvalue weighted by molar-refractivity contribution is 5.88. The quantitative estimate of drug-likeness (QED) is 0.476. The number of carbonyl (C=O) groups is 2. The summed E-state index contributed by atoms with van der Waals surface area (Å²) in [5, 5.41) is 0. The average molecular weight is 464 g/mol. The van der Waals surface area contributed by atoms with Crippen LogP contribution in [0.1, 0.15) is 49.0 Å². The Labute approximate surface area is 198 Å². The van der Waals surface area contributed by atoms with Gasteiger partial charge in [0.2, 0.25) is 5.91 Å². The van der Waals surface area contributed by atoms with Gasteiger partial charge in [0.15, 0.2) is 0 Å². The van der Waals surface area contributed by atoms with Crippen LogP contribution in [0.3, 0.4) is 0 Å². The second kappa shape index (κ2) is 10.1. The highest BCUT2D eigenvalue weighted by Crippen LogP contribution is 2.39. The normalized spacial score (nSPS) is 17.9. The molecule has 0 saturated carbocycles. The van der Waals surface area contributed by atoms with Crippen LogP contribution >= 0.6 is 0 Å². The predicted molar refractivity (Wildman–Crippen MR) is 126 cm³/mol. The van der Waals surface area contributed by atoms with Gasteiger partial charge in [-0.2, -0.15) is 0 Å². The zero-order valence-electron chi connectivity index (χ0n) is 19.7. The Balaban J connectivity index is 1.55. The monoisotopic (exact) mass is 463 g/mol. The third-order valence-corrected chi connectivity index (χ3v) is 6.17. The number of esters is 1. The van der Waals surface area contributed by atoms with E-state index in [0.717, 1.165) is 24.0 Å². The molecule has 1 aliphatic rings. The number of likely N-dealkylation sites (tertiary alicyclic amines) is 1. The molecule has 8 heteroatoms. The number of methoxy groups -OCH3 is 1. The van der Waals surface area contributed by atoms with E-state index >= 15 is 0 Å². The fraction of sp³-hybridized carbons (Fsp3) is 0.385. The number of carbonyl (C=O) groups excluding carboxylic acids is 2. The SMILES string of the molecule is CCCCN1C(=O)CC(C(=O)OCc2cc(=O)n3cc(C)ccc3n2)C1c1ccc(OC)cc1. The molecule has 0 N–H and O–H groups in total. The first-order valence-corrected chi connectivity index (χ1v) is 11.5. The maximum Gasteiger partial charge on any atom is 0.312 e. The van der Waals surface area contributed by atoms with Gasteiger partial charge in [-0.05, 0) is 42.7 Å². The van der Waals surface area contributed by atoms with Crippen LogP contribution in [-0.4, -0.2) is 39.8 Å². The molecule has 3 aromatic rings. The van der Waals surface area contributed by atoms with Crippen molar-refractivity contribution in [2.45, 2.75) is 45.8 Å². The standard InChI is InChI=1S/C26H29N3O5/c1-4-5-12-28-24(31)14-21(25(28)18-7-9-20(33-3)10-8-18)26(32)34-16-19-13-23(30)29-15-17(2)6-11-22(29)27-19/h6-11,13,15,21,25H,4-5,12,14,16H2,1-3H3. The van der Waals surface area contributed by atoms with Crippen molar-refractivity contribution in [2.75, 3.05) is 13.7 Å². The molecule has 2 unspecified atom stereocenters. The summed E-state index contributed by atoms with van der Waals surface area (Å²) in [5.74, 6) is -0.467. The number of pyridine rings is 1. The zero-order chi connectivity index (χ0) is 24.2. The smallest absolute Gasteiger partial charge is 0.312 e. The van der Waals surface area contributed by atoms with Gasteiger partial charge in [0.05, 0.1) is 24.8 Å². The molecule has 1 aliphatic heterocycles. The number of nitrogens with zero attached hydrogens (tertiary/aromatic N) is 3. The van der Waals surface area contributed by atoms with Gasteiger partial charge in [-0.15, -0.1) is 0 Å². The molecule has 34 heavy (non-hydrogen) atoms. The predicted octanol–water partition coefficient (Wildman–Crippen LogP) is 3.44. The zero-order valence-corrected chi connectivity index (χ0v) is 19.7. The number of hydrogen-bond donors (Lipinski definition) is 0. The molecular weight excluding hydrogens is 434 g/mol. The molecule has 0 bridgehead atoms. The van der Waals surface area contributed by atoms with Crippen molar-refractivity contribution in [2.24, 2.45) is 5.92 Å². The fourth-order valence-electron chi connectivity index (χ4n) is 4.39. The maximum absolute atomic E-state index is 13.1. The van der Waals surface area contributed by atoms with Crippen LogP contribution in [0.2, 0.25) is 0 Å². The Morgan fingerprint density at radius 1 is 1.15 bits per heavy atom. The molecule has 2 aromatic heterocycles. The first-order chi connectivity index (χ1) is 16.4. The van der Waals surface area contributed by atoms with Crippen molar-refractivity contribution in [1.29, 1.82) is 0 Å². The molecule has 3 heterocycles. The van der Waals surface area contributed by atoms with Gasteiger partial charge >= 0.3 is 5.97 Å². The van der Waals surface area contributed by atoms with Crippen LogP contribution < -0.4 is 10.3 Å². The number of aryl methyl sites for hydroxylation is 1. The summed E-state index contributed by atoms with van der Waals surface area (Å²) < 4.78 is 12.3. The molecule has 2 atom stereocenters. The molecule has 1 aromatic carbocycles. The van der Waals surface area contributed by atoms with Gasteiger partial charge in [0, 0.05) is 25.2 Å². The minimum atomic E-state index is -0.637. The lowest BCUT2D eigenvalue weighted by Gasteiger charge is -2.28. The van der Waals surface area contributed by atoms with E-state index in [1.807, 2.05) is 37.3 Å².